The average molecular weight is 458 g/mol. The first kappa shape index (κ1) is 22.7. The Morgan fingerprint density at radius 3 is 2.71 bits per heavy atom. The summed E-state index contributed by atoms with van der Waals surface area (Å²) < 4.78 is 21.3. The van der Waals surface area contributed by atoms with Gasteiger partial charge in [-0.3, -0.25) is 4.79 Å². The van der Waals surface area contributed by atoms with E-state index < -0.39 is 5.82 Å². The van der Waals surface area contributed by atoms with Gasteiger partial charge < -0.3 is 15.4 Å². The van der Waals surface area contributed by atoms with E-state index in [4.69, 9.17) is 10.5 Å². The molecule has 1 amide bonds. The number of hydrogen-bond donors (Lipinski definition) is 1. The lowest BCUT2D eigenvalue weighted by molar-refractivity contribution is -0.114. The maximum Gasteiger partial charge on any atom is 0.250 e. The standard InChI is InChI=1S/C25H23FN6O2/c1-3-12-34-20-14-17(26)13-19(15-20)32-24-23(28-16-29-25(24)27)21(30-32)10-11-31(22(33)4-2)18-8-6-5-7-9-18/h3-9,13-16H,1-2,10-12H2,(H2,27,28,29). The van der Waals surface area contributed by atoms with Gasteiger partial charge in [-0.2, -0.15) is 5.10 Å². The number of nitrogens with zero attached hydrogens (tertiary/aromatic N) is 5. The van der Waals surface area contributed by atoms with E-state index in [1.807, 2.05) is 30.3 Å². The highest BCUT2D eigenvalue weighted by Crippen LogP contribution is 2.27. The van der Waals surface area contributed by atoms with E-state index in [-0.39, 0.29) is 18.3 Å². The summed E-state index contributed by atoms with van der Waals surface area (Å²) in [5.74, 6) is -0.215. The van der Waals surface area contributed by atoms with Crippen LogP contribution in [-0.4, -0.2) is 38.8 Å². The Labute approximate surface area is 195 Å². The van der Waals surface area contributed by atoms with Crippen LogP contribution in [0, 0.1) is 5.82 Å². The molecule has 0 unspecified atom stereocenters. The zero-order valence-electron chi connectivity index (χ0n) is 18.4. The Morgan fingerprint density at radius 1 is 1.18 bits per heavy atom. The first-order valence-electron chi connectivity index (χ1n) is 10.5. The molecule has 0 atom stereocenters. The molecule has 34 heavy (non-hydrogen) atoms. The molecule has 0 spiro atoms. The van der Waals surface area contributed by atoms with E-state index in [0.717, 1.165) is 5.69 Å². The van der Waals surface area contributed by atoms with Crippen molar-refractivity contribution in [1.82, 2.24) is 19.7 Å². The molecule has 0 aliphatic rings. The van der Waals surface area contributed by atoms with E-state index in [1.54, 1.807) is 17.0 Å². The number of nitrogen functional groups attached to an aromatic ring is 1. The fourth-order valence-corrected chi connectivity index (χ4v) is 3.60. The highest BCUT2D eigenvalue weighted by molar-refractivity contribution is 6.01. The molecule has 0 saturated heterocycles. The minimum atomic E-state index is -0.496. The number of para-hydroxylation sites is 1. The molecule has 0 bridgehead atoms. The lowest BCUT2D eigenvalue weighted by Crippen LogP contribution is -2.31. The number of aromatic nitrogens is 4. The Kier molecular flexibility index (Phi) is 6.63. The quantitative estimate of drug-likeness (QED) is 0.302. The first-order chi connectivity index (χ1) is 16.5. The lowest BCUT2D eigenvalue weighted by atomic mass is 10.2. The molecule has 0 aliphatic heterocycles. The summed E-state index contributed by atoms with van der Waals surface area (Å²) >= 11 is 0. The monoisotopic (exact) mass is 458 g/mol. The van der Waals surface area contributed by atoms with E-state index in [0.29, 0.717) is 41.1 Å². The van der Waals surface area contributed by atoms with Crippen molar-refractivity contribution in [1.29, 1.82) is 0 Å². The number of halogens is 1. The molecular weight excluding hydrogens is 435 g/mol. The maximum atomic E-state index is 14.4. The van der Waals surface area contributed by atoms with Gasteiger partial charge in [-0.1, -0.05) is 37.4 Å². The second kappa shape index (κ2) is 9.95. The fourth-order valence-electron chi connectivity index (χ4n) is 3.60. The van der Waals surface area contributed by atoms with Gasteiger partial charge in [0.05, 0.1) is 11.4 Å². The third-order valence-electron chi connectivity index (χ3n) is 5.11. The van der Waals surface area contributed by atoms with Crippen LogP contribution in [0.25, 0.3) is 16.7 Å². The minimum absolute atomic E-state index is 0.198. The third-order valence-corrected chi connectivity index (χ3v) is 5.11. The minimum Gasteiger partial charge on any atom is -0.489 e. The van der Waals surface area contributed by atoms with E-state index in [2.05, 4.69) is 28.2 Å². The molecule has 4 aromatic rings. The molecule has 2 N–H and O–H groups in total. The van der Waals surface area contributed by atoms with Crippen LogP contribution in [0.2, 0.25) is 0 Å². The number of anilines is 2. The lowest BCUT2D eigenvalue weighted by Gasteiger charge is -2.20. The molecule has 172 valence electrons. The number of amides is 1. The molecule has 0 fully saturated rings. The summed E-state index contributed by atoms with van der Waals surface area (Å²) in [6.45, 7) is 7.76. The summed E-state index contributed by atoms with van der Waals surface area (Å²) in [4.78, 5) is 22.6. The van der Waals surface area contributed by atoms with Gasteiger partial charge in [0.2, 0.25) is 5.91 Å². The van der Waals surface area contributed by atoms with Crippen molar-refractivity contribution >= 4 is 28.4 Å². The molecule has 9 heteroatoms. The number of hydrogen-bond acceptors (Lipinski definition) is 6. The third kappa shape index (κ3) is 4.63. The van der Waals surface area contributed by atoms with Gasteiger partial charge in [-0.05, 0) is 24.3 Å². The predicted molar refractivity (Wildman–Crippen MR) is 129 cm³/mol. The van der Waals surface area contributed by atoms with Gasteiger partial charge in [-0.25, -0.2) is 19.0 Å². The van der Waals surface area contributed by atoms with E-state index >= 15 is 0 Å². The van der Waals surface area contributed by atoms with Crippen molar-refractivity contribution in [2.24, 2.45) is 0 Å². The largest absolute Gasteiger partial charge is 0.489 e. The second-order valence-electron chi connectivity index (χ2n) is 7.34. The Morgan fingerprint density at radius 2 is 1.97 bits per heavy atom. The number of benzene rings is 2. The molecule has 0 aliphatic carbocycles. The highest BCUT2D eigenvalue weighted by atomic mass is 19.1. The van der Waals surface area contributed by atoms with Crippen LogP contribution in [0.1, 0.15) is 5.69 Å². The molecule has 8 nitrogen and oxygen atoms in total. The summed E-state index contributed by atoms with van der Waals surface area (Å²) in [5, 5.41) is 4.66. The van der Waals surface area contributed by atoms with Gasteiger partial charge in [0.25, 0.3) is 0 Å². The fraction of sp³-hybridized carbons (Fsp3) is 0.120. The number of nitrogens with two attached hydrogens (primary N) is 1. The van der Waals surface area contributed by atoms with Crippen molar-refractivity contribution in [3.05, 3.63) is 91.7 Å². The van der Waals surface area contributed by atoms with Crippen molar-refractivity contribution < 1.29 is 13.9 Å². The van der Waals surface area contributed by atoms with Gasteiger partial charge in [0, 0.05) is 30.8 Å². The topological polar surface area (TPSA) is 99.2 Å². The van der Waals surface area contributed by atoms with Gasteiger partial charge in [0.1, 0.15) is 35.5 Å². The summed E-state index contributed by atoms with van der Waals surface area (Å²) in [7, 11) is 0. The van der Waals surface area contributed by atoms with E-state index in [1.165, 1.54) is 29.2 Å². The smallest absolute Gasteiger partial charge is 0.250 e. The molecule has 2 aromatic carbocycles. The summed E-state index contributed by atoms with van der Waals surface area (Å²) in [6.07, 6.45) is 4.55. The molecule has 0 radical (unpaired) electrons. The molecule has 2 heterocycles. The molecule has 2 aromatic heterocycles. The van der Waals surface area contributed by atoms with Crippen LogP contribution in [0.3, 0.4) is 0 Å². The molecule has 4 rings (SSSR count). The zero-order chi connectivity index (χ0) is 24.1. The first-order valence-corrected chi connectivity index (χ1v) is 10.5. The van der Waals surface area contributed by atoms with Crippen LogP contribution in [-0.2, 0) is 11.2 Å². The summed E-state index contributed by atoms with van der Waals surface area (Å²) in [5.41, 5.74) is 8.83. The van der Waals surface area contributed by atoms with Crippen molar-refractivity contribution in [3.63, 3.8) is 0 Å². The van der Waals surface area contributed by atoms with Crippen molar-refractivity contribution in [2.75, 3.05) is 23.8 Å². The normalized spacial score (nSPS) is 10.7. The van der Waals surface area contributed by atoms with Crippen LogP contribution >= 0.6 is 0 Å². The van der Waals surface area contributed by atoms with Crippen molar-refractivity contribution in [2.45, 2.75) is 6.42 Å². The number of carbonyl (C=O) groups excluding carboxylic acids is 1. The zero-order valence-corrected chi connectivity index (χ0v) is 18.4. The van der Waals surface area contributed by atoms with Crippen LogP contribution in [0.4, 0.5) is 15.9 Å². The van der Waals surface area contributed by atoms with Crippen molar-refractivity contribution in [3.8, 4) is 11.4 Å². The Hall–Kier alpha value is -4.53. The second-order valence-corrected chi connectivity index (χ2v) is 7.34. The SMILES string of the molecule is C=CCOc1cc(F)cc(-n2nc(CCN(C(=O)C=C)c3ccccc3)c3ncnc(N)c32)c1. The van der Waals surface area contributed by atoms with Crippen LogP contribution < -0.4 is 15.4 Å². The summed E-state index contributed by atoms with van der Waals surface area (Å²) in [6, 6.07) is 13.5. The average Bonchev–Trinajstić information content (AvgIpc) is 3.23. The molecule has 0 saturated carbocycles. The number of ether oxygens (including phenoxy) is 1. The Balaban J connectivity index is 1.74. The predicted octanol–water partition coefficient (Wildman–Crippen LogP) is 3.86. The van der Waals surface area contributed by atoms with Gasteiger partial charge in [-0.15, -0.1) is 0 Å². The van der Waals surface area contributed by atoms with Crippen LogP contribution in [0.15, 0.2) is 80.2 Å². The Bertz CT molecular complexity index is 1350. The van der Waals surface area contributed by atoms with Crippen LogP contribution in [0.5, 0.6) is 5.75 Å². The van der Waals surface area contributed by atoms with Gasteiger partial charge >= 0.3 is 0 Å². The number of fused-ring (bicyclic) bond motifs is 1. The highest BCUT2D eigenvalue weighted by Gasteiger charge is 2.20. The number of rotatable bonds is 9. The number of carbonyl (C=O) groups is 1. The maximum absolute atomic E-state index is 14.4. The molecular formula is C25H23FN6O2. The van der Waals surface area contributed by atoms with Gasteiger partial charge in [0.15, 0.2) is 5.82 Å². The van der Waals surface area contributed by atoms with E-state index in [9.17, 15) is 9.18 Å².